The second-order valence-corrected chi connectivity index (χ2v) is 5.00. The number of amides is 2. The Hall–Kier alpha value is -1.26. The maximum absolute atomic E-state index is 12.3. The molecule has 5 heteroatoms. The number of urea groups is 1. The number of nitrogens with zero attached hydrogens (tertiary/aromatic N) is 1. The minimum atomic E-state index is -0.883. The zero-order valence-electron chi connectivity index (χ0n) is 12.8. The first-order chi connectivity index (χ1) is 8.85. The molecule has 0 bridgehead atoms. The molecule has 0 saturated heterocycles. The second kappa shape index (κ2) is 8.02. The topological polar surface area (TPSA) is 69.6 Å². The minimum absolute atomic E-state index is 0.0291. The molecule has 0 saturated carbocycles. The van der Waals surface area contributed by atoms with Crippen LogP contribution in [-0.4, -0.2) is 40.1 Å². The SMILES string of the molecule is CCN(C(=O)NC(CC)(CC)CC)C(C)CC(=O)O. The van der Waals surface area contributed by atoms with Gasteiger partial charge in [-0.15, -0.1) is 0 Å². The van der Waals surface area contributed by atoms with Gasteiger partial charge in [0.1, 0.15) is 0 Å². The highest BCUT2D eigenvalue weighted by atomic mass is 16.4. The molecule has 0 aliphatic rings. The Balaban J connectivity index is 4.80. The van der Waals surface area contributed by atoms with Gasteiger partial charge in [0, 0.05) is 18.1 Å². The molecule has 0 aliphatic heterocycles. The van der Waals surface area contributed by atoms with Crippen LogP contribution in [0.2, 0.25) is 0 Å². The number of carboxylic acid groups (broad SMARTS) is 1. The van der Waals surface area contributed by atoms with Crippen LogP contribution in [0.4, 0.5) is 4.79 Å². The van der Waals surface area contributed by atoms with Crippen molar-refractivity contribution in [3.63, 3.8) is 0 Å². The third kappa shape index (κ3) is 5.09. The monoisotopic (exact) mass is 272 g/mol. The highest BCUT2D eigenvalue weighted by Crippen LogP contribution is 2.20. The molecule has 0 rings (SSSR count). The fourth-order valence-electron chi connectivity index (χ4n) is 2.33. The van der Waals surface area contributed by atoms with Gasteiger partial charge in [-0.2, -0.15) is 0 Å². The summed E-state index contributed by atoms with van der Waals surface area (Å²) in [5.41, 5.74) is -0.187. The van der Waals surface area contributed by atoms with Crippen LogP contribution in [0.15, 0.2) is 0 Å². The third-order valence-electron chi connectivity index (χ3n) is 4.01. The van der Waals surface area contributed by atoms with Crippen molar-refractivity contribution < 1.29 is 14.7 Å². The molecule has 2 amide bonds. The number of hydrogen-bond donors (Lipinski definition) is 2. The first-order valence-corrected chi connectivity index (χ1v) is 7.16. The van der Waals surface area contributed by atoms with E-state index in [1.165, 1.54) is 0 Å². The second-order valence-electron chi connectivity index (χ2n) is 5.00. The largest absolute Gasteiger partial charge is 0.481 e. The summed E-state index contributed by atoms with van der Waals surface area (Å²) in [4.78, 5) is 24.6. The first kappa shape index (κ1) is 17.7. The van der Waals surface area contributed by atoms with E-state index in [1.807, 2.05) is 6.92 Å². The van der Waals surface area contributed by atoms with E-state index in [2.05, 4.69) is 26.1 Å². The van der Waals surface area contributed by atoms with Crippen LogP contribution >= 0.6 is 0 Å². The molecule has 0 spiro atoms. The Labute approximate surface area is 116 Å². The van der Waals surface area contributed by atoms with Crippen LogP contribution in [0, 0.1) is 0 Å². The van der Waals surface area contributed by atoms with E-state index >= 15 is 0 Å². The van der Waals surface area contributed by atoms with Crippen LogP contribution in [0.3, 0.4) is 0 Å². The molecule has 0 fully saturated rings. The number of carbonyl (C=O) groups excluding carboxylic acids is 1. The van der Waals surface area contributed by atoms with Gasteiger partial charge < -0.3 is 15.3 Å². The molecule has 0 aliphatic carbocycles. The van der Waals surface area contributed by atoms with Gasteiger partial charge >= 0.3 is 12.0 Å². The Morgan fingerprint density at radius 2 is 1.63 bits per heavy atom. The maximum atomic E-state index is 12.3. The average molecular weight is 272 g/mol. The van der Waals surface area contributed by atoms with E-state index in [9.17, 15) is 9.59 Å². The van der Waals surface area contributed by atoms with E-state index in [1.54, 1.807) is 11.8 Å². The predicted molar refractivity (Wildman–Crippen MR) is 76.2 cm³/mol. The molecule has 0 heterocycles. The molecule has 0 aromatic heterocycles. The Morgan fingerprint density at radius 1 is 1.16 bits per heavy atom. The average Bonchev–Trinajstić information content (AvgIpc) is 2.36. The molecule has 0 radical (unpaired) electrons. The fraction of sp³-hybridized carbons (Fsp3) is 0.857. The summed E-state index contributed by atoms with van der Waals surface area (Å²) < 4.78 is 0. The molecular formula is C14H28N2O3. The summed E-state index contributed by atoms with van der Waals surface area (Å²) in [6, 6.07) is -0.465. The van der Waals surface area contributed by atoms with Crippen LogP contribution < -0.4 is 5.32 Å². The molecule has 0 aromatic rings. The highest BCUT2D eigenvalue weighted by Gasteiger charge is 2.29. The van der Waals surface area contributed by atoms with Gasteiger partial charge in [-0.05, 0) is 33.1 Å². The molecule has 1 atom stereocenters. The molecule has 5 nitrogen and oxygen atoms in total. The van der Waals surface area contributed by atoms with E-state index in [0.29, 0.717) is 6.54 Å². The smallest absolute Gasteiger partial charge is 0.318 e. The fourth-order valence-corrected chi connectivity index (χ4v) is 2.33. The van der Waals surface area contributed by atoms with Gasteiger partial charge in [0.05, 0.1) is 6.42 Å². The number of hydrogen-bond acceptors (Lipinski definition) is 2. The van der Waals surface area contributed by atoms with Gasteiger partial charge in [-0.3, -0.25) is 4.79 Å². The molecule has 19 heavy (non-hydrogen) atoms. The number of carboxylic acids is 1. The highest BCUT2D eigenvalue weighted by molar-refractivity contribution is 5.76. The van der Waals surface area contributed by atoms with Crippen molar-refractivity contribution in [1.82, 2.24) is 10.2 Å². The summed E-state index contributed by atoms with van der Waals surface area (Å²) in [6.07, 6.45) is 2.59. The summed E-state index contributed by atoms with van der Waals surface area (Å²) in [7, 11) is 0. The lowest BCUT2D eigenvalue weighted by molar-refractivity contribution is -0.138. The summed E-state index contributed by atoms with van der Waals surface area (Å²) in [6.45, 7) is 10.3. The zero-order chi connectivity index (χ0) is 15.1. The van der Waals surface area contributed by atoms with Crippen LogP contribution in [0.1, 0.15) is 60.3 Å². The third-order valence-corrected chi connectivity index (χ3v) is 4.01. The lowest BCUT2D eigenvalue weighted by atomic mass is 9.90. The molecule has 1 unspecified atom stereocenters. The number of rotatable bonds is 8. The van der Waals surface area contributed by atoms with E-state index < -0.39 is 5.97 Å². The standard InChI is InChI=1S/C14H28N2O3/c1-6-14(7-2,8-3)15-13(19)16(9-4)11(5)10-12(17)18/h11H,6-10H2,1-5H3,(H,15,19)(H,17,18). The van der Waals surface area contributed by atoms with Crippen LogP contribution in [-0.2, 0) is 4.79 Å². The number of carbonyl (C=O) groups is 2. The summed E-state index contributed by atoms with van der Waals surface area (Å²) in [5, 5.41) is 11.9. The van der Waals surface area contributed by atoms with E-state index in [0.717, 1.165) is 19.3 Å². The normalized spacial score (nSPS) is 12.9. The molecular weight excluding hydrogens is 244 g/mol. The van der Waals surface area contributed by atoms with Crippen LogP contribution in [0.5, 0.6) is 0 Å². The number of nitrogens with one attached hydrogen (secondary N) is 1. The molecule has 2 N–H and O–H groups in total. The Morgan fingerprint density at radius 3 is 1.95 bits per heavy atom. The lowest BCUT2D eigenvalue weighted by Gasteiger charge is -2.36. The zero-order valence-corrected chi connectivity index (χ0v) is 12.8. The minimum Gasteiger partial charge on any atom is -0.481 e. The Kier molecular flexibility index (Phi) is 7.49. The van der Waals surface area contributed by atoms with Crippen molar-refractivity contribution >= 4 is 12.0 Å². The summed E-state index contributed by atoms with van der Waals surface area (Å²) >= 11 is 0. The lowest BCUT2D eigenvalue weighted by Crippen LogP contribution is -2.54. The maximum Gasteiger partial charge on any atom is 0.318 e. The van der Waals surface area contributed by atoms with Crippen molar-refractivity contribution in [2.75, 3.05) is 6.54 Å². The van der Waals surface area contributed by atoms with Crippen molar-refractivity contribution in [3.05, 3.63) is 0 Å². The van der Waals surface area contributed by atoms with Crippen molar-refractivity contribution in [2.45, 2.75) is 71.9 Å². The van der Waals surface area contributed by atoms with E-state index in [4.69, 9.17) is 5.11 Å². The number of aliphatic carboxylic acids is 1. The van der Waals surface area contributed by atoms with Gasteiger partial charge in [0.2, 0.25) is 0 Å². The Bertz CT molecular complexity index is 293. The van der Waals surface area contributed by atoms with Gasteiger partial charge in [-0.25, -0.2) is 4.79 Å². The van der Waals surface area contributed by atoms with Crippen molar-refractivity contribution in [3.8, 4) is 0 Å². The van der Waals surface area contributed by atoms with Gasteiger partial charge in [0.15, 0.2) is 0 Å². The van der Waals surface area contributed by atoms with Gasteiger partial charge in [-0.1, -0.05) is 20.8 Å². The van der Waals surface area contributed by atoms with Crippen LogP contribution in [0.25, 0.3) is 0 Å². The molecule has 112 valence electrons. The molecule has 0 aromatic carbocycles. The van der Waals surface area contributed by atoms with Crippen molar-refractivity contribution in [1.29, 1.82) is 0 Å². The van der Waals surface area contributed by atoms with Gasteiger partial charge in [0.25, 0.3) is 0 Å². The summed E-state index contributed by atoms with van der Waals surface area (Å²) in [5.74, 6) is -0.883. The quantitative estimate of drug-likeness (QED) is 0.714. The first-order valence-electron chi connectivity index (χ1n) is 7.16. The predicted octanol–water partition coefficient (Wildman–Crippen LogP) is 2.85. The van der Waals surface area contributed by atoms with E-state index in [-0.39, 0.29) is 24.0 Å². The van der Waals surface area contributed by atoms with Crippen molar-refractivity contribution in [2.24, 2.45) is 0 Å².